The van der Waals surface area contributed by atoms with E-state index in [1.165, 1.54) is 17.5 Å². The second kappa shape index (κ2) is 8.45. The van der Waals surface area contributed by atoms with Gasteiger partial charge in [0.05, 0.1) is 12.1 Å². The van der Waals surface area contributed by atoms with Crippen LogP contribution in [0.3, 0.4) is 0 Å². The Morgan fingerprint density at radius 2 is 1.76 bits per heavy atom. The number of hydrogen-bond donors (Lipinski definition) is 3. The lowest BCUT2D eigenvalue weighted by Gasteiger charge is -2.09. The average Bonchev–Trinajstić information content (AvgIpc) is 3.24. The number of amides is 2. The molecular weight excluding hydrogens is 431 g/mol. The number of carbonyl (C=O) groups excluding carboxylic acids is 2. The molecule has 4 N–H and O–H groups in total. The first-order chi connectivity index (χ1) is 13.7. The third-order valence-corrected chi connectivity index (χ3v) is 4.77. The summed E-state index contributed by atoms with van der Waals surface area (Å²) in [5, 5.41) is 9.24. The number of rotatable bonds is 7. The number of halogens is 3. The first-order valence-corrected chi connectivity index (χ1v) is 9.56. The zero-order valence-electron chi connectivity index (χ0n) is 14.3. The van der Waals surface area contributed by atoms with Gasteiger partial charge in [-0.05, 0) is 24.3 Å². The number of ether oxygens (including phenoxy) is 1. The van der Waals surface area contributed by atoms with Crippen LogP contribution >= 0.6 is 22.7 Å². The fraction of sp³-hybridized carbons (Fsp3) is 0.125. The average molecular weight is 443 g/mol. The Morgan fingerprint density at radius 1 is 1.07 bits per heavy atom. The Bertz CT molecular complexity index is 1020. The van der Waals surface area contributed by atoms with Crippen molar-refractivity contribution in [3.8, 4) is 5.75 Å². The standard InChI is InChI=1S/C16H12F3N5O3S2/c17-16(18,19)27-10-3-1-8(2-4-10)21-14-23-11(7-29-14)13(26)24-15-22-9(6-28-15)5-12(20)25/h1-4,6-7H,5H2,(H2,20,25)(H,21,23)(H,22,24,26). The molecular formula is C16H12F3N5O3S2. The molecule has 3 rings (SSSR count). The molecule has 3 aromatic rings. The van der Waals surface area contributed by atoms with Crippen molar-refractivity contribution in [1.29, 1.82) is 0 Å². The molecule has 0 atom stereocenters. The summed E-state index contributed by atoms with van der Waals surface area (Å²) in [5.74, 6) is -1.37. The fourth-order valence-corrected chi connectivity index (χ4v) is 3.50. The highest BCUT2D eigenvalue weighted by Crippen LogP contribution is 2.26. The van der Waals surface area contributed by atoms with E-state index in [0.717, 1.165) is 34.8 Å². The number of anilines is 3. The molecule has 0 aliphatic carbocycles. The lowest BCUT2D eigenvalue weighted by atomic mass is 10.3. The number of nitrogens with zero attached hydrogens (tertiary/aromatic N) is 2. The van der Waals surface area contributed by atoms with Crippen LogP contribution in [0.5, 0.6) is 5.75 Å². The molecule has 1 aromatic carbocycles. The maximum absolute atomic E-state index is 12.2. The molecule has 0 saturated carbocycles. The second-order valence-corrected chi connectivity index (χ2v) is 7.19. The van der Waals surface area contributed by atoms with Crippen molar-refractivity contribution in [2.75, 3.05) is 10.6 Å². The Labute approximate surface area is 169 Å². The minimum Gasteiger partial charge on any atom is -0.406 e. The van der Waals surface area contributed by atoms with E-state index in [1.54, 1.807) is 5.38 Å². The number of alkyl halides is 3. The van der Waals surface area contributed by atoms with E-state index in [2.05, 4.69) is 25.3 Å². The molecule has 152 valence electrons. The summed E-state index contributed by atoms with van der Waals surface area (Å²) in [4.78, 5) is 31.3. The SMILES string of the molecule is NC(=O)Cc1csc(NC(=O)c2csc(Nc3ccc(OC(F)(F)F)cc3)n2)n1. The van der Waals surface area contributed by atoms with E-state index in [1.807, 2.05) is 0 Å². The highest BCUT2D eigenvalue weighted by atomic mass is 32.1. The zero-order chi connectivity index (χ0) is 21.0. The van der Waals surface area contributed by atoms with E-state index in [-0.39, 0.29) is 17.9 Å². The summed E-state index contributed by atoms with van der Waals surface area (Å²) in [5.41, 5.74) is 6.14. The predicted octanol–water partition coefficient (Wildman–Crippen LogP) is 3.52. The van der Waals surface area contributed by atoms with E-state index < -0.39 is 18.2 Å². The number of nitrogens with two attached hydrogens (primary N) is 1. The second-order valence-electron chi connectivity index (χ2n) is 5.48. The first-order valence-electron chi connectivity index (χ1n) is 7.80. The van der Waals surface area contributed by atoms with Gasteiger partial charge in [0.25, 0.3) is 5.91 Å². The van der Waals surface area contributed by atoms with Gasteiger partial charge in [0.2, 0.25) is 5.91 Å². The summed E-state index contributed by atoms with van der Waals surface area (Å²) >= 11 is 2.28. The van der Waals surface area contributed by atoms with Gasteiger partial charge < -0.3 is 15.8 Å². The molecule has 29 heavy (non-hydrogen) atoms. The van der Waals surface area contributed by atoms with Crippen molar-refractivity contribution < 1.29 is 27.5 Å². The lowest BCUT2D eigenvalue weighted by Crippen LogP contribution is -2.16. The molecule has 2 aromatic heterocycles. The van der Waals surface area contributed by atoms with E-state index in [0.29, 0.717) is 21.6 Å². The normalized spacial score (nSPS) is 11.1. The van der Waals surface area contributed by atoms with Crippen molar-refractivity contribution >= 4 is 50.4 Å². The Hall–Kier alpha value is -3.19. The van der Waals surface area contributed by atoms with Gasteiger partial charge in [0.1, 0.15) is 11.4 Å². The van der Waals surface area contributed by atoms with Gasteiger partial charge in [0, 0.05) is 16.4 Å². The van der Waals surface area contributed by atoms with E-state index in [9.17, 15) is 22.8 Å². The summed E-state index contributed by atoms with van der Waals surface area (Å²) in [6.07, 6.45) is -4.78. The van der Waals surface area contributed by atoms with Crippen LogP contribution in [0.15, 0.2) is 35.0 Å². The molecule has 8 nitrogen and oxygen atoms in total. The van der Waals surface area contributed by atoms with Gasteiger partial charge in [-0.25, -0.2) is 9.97 Å². The van der Waals surface area contributed by atoms with Crippen molar-refractivity contribution in [2.24, 2.45) is 5.73 Å². The van der Waals surface area contributed by atoms with Gasteiger partial charge in [-0.3, -0.25) is 14.9 Å². The number of nitrogens with one attached hydrogen (secondary N) is 2. The van der Waals surface area contributed by atoms with E-state index in [4.69, 9.17) is 5.73 Å². The molecule has 0 bridgehead atoms. The van der Waals surface area contributed by atoms with Crippen LogP contribution in [0.1, 0.15) is 16.2 Å². The molecule has 2 amide bonds. The van der Waals surface area contributed by atoms with Gasteiger partial charge in [-0.15, -0.1) is 35.8 Å². The first kappa shape index (κ1) is 20.5. The Morgan fingerprint density at radius 3 is 2.41 bits per heavy atom. The van der Waals surface area contributed by atoms with E-state index >= 15 is 0 Å². The summed E-state index contributed by atoms with van der Waals surface area (Å²) < 4.78 is 40.3. The van der Waals surface area contributed by atoms with Gasteiger partial charge in [-0.2, -0.15) is 0 Å². The van der Waals surface area contributed by atoms with Crippen molar-refractivity contribution in [3.05, 3.63) is 46.4 Å². The predicted molar refractivity (Wildman–Crippen MR) is 101 cm³/mol. The van der Waals surface area contributed by atoms with Crippen molar-refractivity contribution in [3.63, 3.8) is 0 Å². The number of carbonyl (C=O) groups is 2. The Balaban J connectivity index is 1.59. The molecule has 0 unspecified atom stereocenters. The van der Waals surface area contributed by atoms with Crippen LogP contribution in [0.4, 0.5) is 29.1 Å². The summed E-state index contributed by atoms with van der Waals surface area (Å²) in [6.45, 7) is 0. The highest BCUT2D eigenvalue weighted by molar-refractivity contribution is 7.14. The summed E-state index contributed by atoms with van der Waals surface area (Å²) in [7, 11) is 0. The van der Waals surface area contributed by atoms with Crippen LogP contribution in [-0.4, -0.2) is 28.1 Å². The Kier molecular flexibility index (Phi) is 5.98. The highest BCUT2D eigenvalue weighted by Gasteiger charge is 2.30. The van der Waals surface area contributed by atoms with Crippen LogP contribution in [-0.2, 0) is 11.2 Å². The zero-order valence-corrected chi connectivity index (χ0v) is 16.0. The monoisotopic (exact) mass is 443 g/mol. The van der Waals surface area contributed by atoms with Crippen LogP contribution in [0, 0.1) is 0 Å². The van der Waals surface area contributed by atoms with Gasteiger partial charge >= 0.3 is 6.36 Å². The lowest BCUT2D eigenvalue weighted by molar-refractivity contribution is -0.274. The smallest absolute Gasteiger partial charge is 0.406 e. The van der Waals surface area contributed by atoms with Gasteiger partial charge in [-0.1, -0.05) is 0 Å². The van der Waals surface area contributed by atoms with Crippen molar-refractivity contribution in [1.82, 2.24) is 9.97 Å². The van der Waals surface area contributed by atoms with Gasteiger partial charge in [0.15, 0.2) is 10.3 Å². The topological polar surface area (TPSA) is 119 Å². The quantitative estimate of drug-likeness (QED) is 0.514. The minimum absolute atomic E-state index is 0.0239. The maximum Gasteiger partial charge on any atom is 0.573 e. The maximum atomic E-state index is 12.2. The summed E-state index contributed by atoms with van der Waals surface area (Å²) in [6, 6.07) is 5.09. The molecule has 0 spiro atoms. The fourth-order valence-electron chi connectivity index (χ4n) is 2.08. The molecule has 13 heteroatoms. The molecule has 0 radical (unpaired) electrons. The number of primary amides is 1. The number of benzene rings is 1. The molecule has 0 saturated heterocycles. The molecule has 0 aliphatic heterocycles. The third kappa shape index (κ3) is 6.15. The van der Waals surface area contributed by atoms with Crippen LogP contribution in [0.2, 0.25) is 0 Å². The number of hydrogen-bond acceptors (Lipinski definition) is 8. The third-order valence-electron chi connectivity index (χ3n) is 3.20. The molecule has 0 aliphatic rings. The van der Waals surface area contributed by atoms with Crippen LogP contribution in [0.25, 0.3) is 0 Å². The van der Waals surface area contributed by atoms with Crippen LogP contribution < -0.4 is 21.1 Å². The van der Waals surface area contributed by atoms with Crippen molar-refractivity contribution in [2.45, 2.75) is 12.8 Å². The largest absolute Gasteiger partial charge is 0.573 e. The molecule has 0 fully saturated rings. The number of thiazole rings is 2. The molecule has 2 heterocycles. The number of aromatic nitrogens is 2. The minimum atomic E-state index is -4.76.